The fraction of sp³-hybridized carbons (Fsp3) is 0.444. The van der Waals surface area contributed by atoms with Crippen molar-refractivity contribution in [2.24, 2.45) is 11.8 Å². The molecule has 7 heterocycles. The molecule has 5 aromatic rings. The highest BCUT2D eigenvalue weighted by Gasteiger charge is 2.46. The predicted octanol–water partition coefficient (Wildman–Crippen LogP) is 6.27. The SMILES string of the molecule is CNC(=O)C1(Oc2ccccc2-c2nc3cccc(Cl)c3s2)CCN(C(=O)[C@H]2CC(=O)Nc3cc(OCCNC(=O)C4CCN(CC5CCN(c6cc(C7CCC(=O)NC7=O)ccn6)CC5)CC4)ccc32)CC1. The first-order chi connectivity index (χ1) is 35.4. The molecule has 0 radical (unpaired) electrons. The molecule has 2 atom stereocenters. The van der Waals surface area contributed by atoms with Crippen LogP contribution in [0.2, 0.25) is 5.02 Å². The topological polar surface area (TPSA) is 204 Å². The van der Waals surface area contributed by atoms with Gasteiger partial charge in [-0.3, -0.25) is 34.1 Å². The molecule has 10 rings (SSSR count). The number of hydrogen-bond donors (Lipinski definition) is 4. The second-order valence-electron chi connectivity index (χ2n) is 19.8. The number of aromatic nitrogens is 2. The molecule has 5 aliphatic heterocycles. The second-order valence-corrected chi connectivity index (χ2v) is 21.2. The molecule has 6 amide bonds. The Morgan fingerprint density at radius 2 is 1.67 bits per heavy atom. The van der Waals surface area contributed by atoms with Crippen LogP contribution in [0.1, 0.15) is 80.8 Å². The van der Waals surface area contributed by atoms with Crippen molar-refractivity contribution in [1.29, 1.82) is 0 Å². The molecule has 4 N–H and O–H groups in total. The van der Waals surface area contributed by atoms with Gasteiger partial charge in [0.05, 0.1) is 39.2 Å². The van der Waals surface area contributed by atoms with Gasteiger partial charge in [-0.25, -0.2) is 9.97 Å². The number of nitrogens with zero attached hydrogens (tertiary/aromatic N) is 5. The molecule has 5 aliphatic rings. The van der Waals surface area contributed by atoms with Gasteiger partial charge in [-0.2, -0.15) is 0 Å². The quantitative estimate of drug-likeness (QED) is 0.0719. The van der Waals surface area contributed by atoms with Gasteiger partial charge in [0.25, 0.3) is 5.91 Å². The van der Waals surface area contributed by atoms with Crippen molar-refractivity contribution in [3.63, 3.8) is 0 Å². The van der Waals surface area contributed by atoms with E-state index in [9.17, 15) is 28.8 Å². The fourth-order valence-corrected chi connectivity index (χ4v) is 12.3. The van der Waals surface area contributed by atoms with Crippen LogP contribution in [0, 0.1) is 11.8 Å². The van der Waals surface area contributed by atoms with Gasteiger partial charge in [-0.1, -0.05) is 35.9 Å². The van der Waals surface area contributed by atoms with Crippen molar-refractivity contribution in [2.75, 3.05) is 76.2 Å². The first-order valence-electron chi connectivity index (χ1n) is 25.4. The number of benzene rings is 3. The summed E-state index contributed by atoms with van der Waals surface area (Å²) in [5.74, 6) is 0.172. The minimum atomic E-state index is -1.25. The molecule has 2 aromatic heterocycles. The Bertz CT molecular complexity index is 2910. The van der Waals surface area contributed by atoms with Crippen LogP contribution >= 0.6 is 22.9 Å². The number of para-hydroxylation sites is 1. The van der Waals surface area contributed by atoms with E-state index >= 15 is 0 Å². The van der Waals surface area contributed by atoms with Gasteiger partial charge < -0.3 is 40.1 Å². The van der Waals surface area contributed by atoms with Crippen molar-refractivity contribution in [3.05, 3.63) is 95.1 Å². The van der Waals surface area contributed by atoms with Gasteiger partial charge in [0.2, 0.25) is 29.5 Å². The first-order valence-corrected chi connectivity index (χ1v) is 26.6. The van der Waals surface area contributed by atoms with E-state index in [1.807, 2.05) is 60.7 Å². The number of thiazole rings is 1. The van der Waals surface area contributed by atoms with Crippen molar-refractivity contribution >= 4 is 80.1 Å². The van der Waals surface area contributed by atoms with E-state index in [2.05, 4.69) is 36.1 Å². The summed E-state index contributed by atoms with van der Waals surface area (Å²) in [5, 5.41) is 12.5. The number of carbonyl (C=O) groups excluding carboxylic acids is 6. The third-order valence-electron chi connectivity index (χ3n) is 15.2. The maximum atomic E-state index is 14.2. The van der Waals surface area contributed by atoms with E-state index < -0.39 is 11.5 Å². The number of rotatable bonds is 14. The zero-order valence-electron chi connectivity index (χ0n) is 40.8. The van der Waals surface area contributed by atoms with Crippen LogP contribution in [-0.2, 0) is 28.8 Å². The van der Waals surface area contributed by atoms with Crippen LogP contribution in [0.4, 0.5) is 11.5 Å². The molecule has 1 unspecified atom stereocenters. The highest BCUT2D eigenvalue weighted by atomic mass is 35.5. The standard InChI is InChI=1S/C54H60ClN9O8S/c1-56-53(70)54(72-44-8-3-2-5-39(44)51-60-42-7-4-6-41(55)48(42)73-51)18-26-64(27-19-54)52(69)40-31-47(66)59-43-30-36(9-10-38(40)43)71-28-21-58-49(67)34-16-22-62(23-17-34)32-33-14-24-63(25-15-33)45-29-35(13-20-57-45)37-11-12-46(65)61-50(37)68/h2-10,13,20,29-30,33-34,37,40H,11-12,14-19,21-28,31-32H2,1H3,(H,56,70)(H,58,67)(H,59,66)(H,61,65,68)/t37?,40-/m0/s1. The molecular formula is C54H60ClN9O8S. The molecule has 0 spiro atoms. The van der Waals surface area contributed by atoms with Gasteiger partial charge in [0.15, 0.2) is 5.60 Å². The molecule has 0 saturated carbocycles. The number of imide groups is 1. The summed E-state index contributed by atoms with van der Waals surface area (Å²) >= 11 is 7.93. The number of likely N-dealkylation sites (tertiary alicyclic amines) is 2. The molecule has 382 valence electrons. The molecule has 0 bridgehead atoms. The average molecular weight is 1030 g/mol. The average Bonchev–Trinajstić information content (AvgIpc) is 3.85. The number of pyridine rings is 1. The Morgan fingerprint density at radius 3 is 2.44 bits per heavy atom. The summed E-state index contributed by atoms with van der Waals surface area (Å²) in [6.07, 6.45) is 6.76. The van der Waals surface area contributed by atoms with E-state index in [-0.39, 0.29) is 86.2 Å². The zero-order chi connectivity index (χ0) is 50.6. The Morgan fingerprint density at radius 1 is 0.877 bits per heavy atom. The molecule has 0 aliphatic carbocycles. The summed E-state index contributed by atoms with van der Waals surface area (Å²) in [6, 6.07) is 22.3. The van der Waals surface area contributed by atoms with Crippen LogP contribution in [0.15, 0.2) is 79.0 Å². The van der Waals surface area contributed by atoms with Gasteiger partial charge in [-0.05, 0) is 105 Å². The molecule has 19 heteroatoms. The number of likely N-dealkylation sites (N-methyl/N-ethyl adjacent to an activating group) is 1. The number of carbonyl (C=O) groups is 6. The molecule has 4 saturated heterocycles. The third kappa shape index (κ3) is 11.0. The van der Waals surface area contributed by atoms with Crippen molar-refractivity contribution in [2.45, 2.75) is 75.2 Å². The van der Waals surface area contributed by atoms with Gasteiger partial charge in [0.1, 0.15) is 28.9 Å². The van der Waals surface area contributed by atoms with Crippen molar-refractivity contribution in [1.82, 2.24) is 35.7 Å². The van der Waals surface area contributed by atoms with E-state index in [4.69, 9.17) is 26.1 Å². The summed E-state index contributed by atoms with van der Waals surface area (Å²) in [5.41, 5.74) is 2.36. The minimum absolute atomic E-state index is 0.00615. The summed E-state index contributed by atoms with van der Waals surface area (Å²) in [6.45, 7) is 5.58. The molecular weight excluding hydrogens is 970 g/mol. The van der Waals surface area contributed by atoms with Crippen molar-refractivity contribution in [3.8, 4) is 22.1 Å². The van der Waals surface area contributed by atoms with Crippen LogP contribution < -0.4 is 35.6 Å². The number of piperidine rings is 4. The summed E-state index contributed by atoms with van der Waals surface area (Å²) < 4.78 is 13.6. The molecule has 4 fully saturated rings. The van der Waals surface area contributed by atoms with Crippen LogP contribution in [-0.4, -0.2) is 127 Å². The maximum absolute atomic E-state index is 14.2. The lowest BCUT2D eigenvalue weighted by Crippen LogP contribution is -2.58. The number of nitrogens with one attached hydrogen (secondary N) is 4. The Labute approximate surface area is 432 Å². The lowest BCUT2D eigenvalue weighted by atomic mass is 9.86. The highest BCUT2D eigenvalue weighted by Crippen LogP contribution is 2.42. The van der Waals surface area contributed by atoms with Crippen LogP contribution in [0.3, 0.4) is 0 Å². The molecule has 73 heavy (non-hydrogen) atoms. The Balaban J connectivity index is 0.667. The monoisotopic (exact) mass is 1030 g/mol. The largest absolute Gasteiger partial charge is 0.492 e. The second kappa shape index (κ2) is 21.8. The lowest BCUT2D eigenvalue weighted by molar-refractivity contribution is -0.147. The van der Waals surface area contributed by atoms with Crippen LogP contribution in [0.25, 0.3) is 20.8 Å². The number of anilines is 2. The number of amides is 6. The highest BCUT2D eigenvalue weighted by molar-refractivity contribution is 7.22. The smallest absolute Gasteiger partial charge is 0.264 e. The first kappa shape index (κ1) is 49.9. The fourth-order valence-electron chi connectivity index (χ4n) is 11.1. The number of fused-ring (bicyclic) bond motifs is 2. The van der Waals surface area contributed by atoms with Gasteiger partial charge in [-0.15, -0.1) is 11.3 Å². The molecule has 3 aromatic carbocycles. The van der Waals surface area contributed by atoms with E-state index in [1.54, 1.807) is 30.3 Å². The number of halogens is 1. The van der Waals surface area contributed by atoms with Gasteiger partial charge in [0, 0.05) is 89.3 Å². The molecule has 17 nitrogen and oxygen atoms in total. The number of ether oxygens (including phenoxy) is 2. The predicted molar refractivity (Wildman–Crippen MR) is 278 cm³/mol. The van der Waals surface area contributed by atoms with E-state index in [1.165, 1.54) is 11.3 Å². The van der Waals surface area contributed by atoms with E-state index in [0.717, 1.165) is 85.6 Å². The number of hydrogen-bond acceptors (Lipinski definition) is 13. The third-order valence-corrected chi connectivity index (χ3v) is 16.7. The van der Waals surface area contributed by atoms with Crippen molar-refractivity contribution < 1.29 is 38.2 Å². The lowest BCUT2D eigenvalue weighted by Gasteiger charge is -2.42. The summed E-state index contributed by atoms with van der Waals surface area (Å²) in [7, 11) is 1.58. The van der Waals surface area contributed by atoms with Gasteiger partial charge >= 0.3 is 0 Å². The maximum Gasteiger partial charge on any atom is 0.264 e. The van der Waals surface area contributed by atoms with Crippen LogP contribution in [0.5, 0.6) is 11.5 Å². The Hall–Kier alpha value is -6.63. The minimum Gasteiger partial charge on any atom is -0.492 e. The zero-order valence-corrected chi connectivity index (χ0v) is 42.4. The van der Waals surface area contributed by atoms with E-state index in [0.29, 0.717) is 58.1 Å². The summed E-state index contributed by atoms with van der Waals surface area (Å²) in [4.78, 5) is 94.1. The normalized spacial score (nSPS) is 20.7. The Kier molecular flexibility index (Phi) is 14.9.